The topological polar surface area (TPSA) is 43.6 Å². The summed E-state index contributed by atoms with van der Waals surface area (Å²) in [6, 6.07) is 7.66. The van der Waals surface area contributed by atoms with E-state index in [0.29, 0.717) is 12.3 Å². The van der Waals surface area contributed by atoms with Gasteiger partial charge in [-0.1, -0.05) is 0 Å². The second-order valence-corrected chi connectivity index (χ2v) is 4.86. The van der Waals surface area contributed by atoms with Crippen molar-refractivity contribution in [1.82, 2.24) is 0 Å². The molecule has 0 aliphatic carbocycles. The molecular formula is C14H16BrNO3. The first-order valence-corrected chi connectivity index (χ1v) is 6.64. The van der Waals surface area contributed by atoms with Crippen molar-refractivity contribution in [3.05, 3.63) is 40.3 Å². The van der Waals surface area contributed by atoms with Crippen LogP contribution >= 0.6 is 15.9 Å². The van der Waals surface area contributed by atoms with Gasteiger partial charge in [0, 0.05) is 11.8 Å². The molecule has 1 heterocycles. The average molecular weight is 326 g/mol. The third-order valence-corrected chi connectivity index (χ3v) is 3.24. The number of benzene rings is 1. The van der Waals surface area contributed by atoms with Gasteiger partial charge in [0.2, 0.25) is 0 Å². The highest BCUT2D eigenvalue weighted by atomic mass is 79.9. The van der Waals surface area contributed by atoms with Gasteiger partial charge in [-0.3, -0.25) is 0 Å². The third kappa shape index (κ3) is 3.23. The second kappa shape index (κ2) is 6.02. The van der Waals surface area contributed by atoms with Gasteiger partial charge in [0.15, 0.2) is 16.2 Å². The van der Waals surface area contributed by atoms with E-state index in [2.05, 4.69) is 21.2 Å². The largest absolute Gasteiger partial charge is 0.493 e. The summed E-state index contributed by atoms with van der Waals surface area (Å²) >= 11 is 3.28. The van der Waals surface area contributed by atoms with E-state index >= 15 is 0 Å². The molecule has 0 radical (unpaired) electrons. The normalized spacial score (nSPS) is 10.3. The minimum absolute atomic E-state index is 0.613. The van der Waals surface area contributed by atoms with E-state index in [4.69, 9.17) is 13.9 Å². The molecule has 19 heavy (non-hydrogen) atoms. The van der Waals surface area contributed by atoms with E-state index in [0.717, 1.165) is 27.4 Å². The average Bonchev–Trinajstić information content (AvgIpc) is 2.82. The molecule has 0 bridgehead atoms. The third-order valence-electron chi connectivity index (χ3n) is 2.81. The fraction of sp³-hybridized carbons (Fsp3) is 0.286. The number of ether oxygens (including phenoxy) is 2. The van der Waals surface area contributed by atoms with Crippen LogP contribution in [0.15, 0.2) is 33.4 Å². The van der Waals surface area contributed by atoms with Crippen LogP contribution in [0.25, 0.3) is 0 Å². The molecule has 0 saturated carbocycles. The van der Waals surface area contributed by atoms with Gasteiger partial charge >= 0.3 is 0 Å². The Bertz CT molecular complexity index is 566. The van der Waals surface area contributed by atoms with Crippen molar-refractivity contribution in [3.8, 4) is 11.5 Å². The van der Waals surface area contributed by atoms with Crippen LogP contribution in [0.3, 0.4) is 0 Å². The first kappa shape index (κ1) is 13.8. The lowest BCUT2D eigenvalue weighted by Gasteiger charge is -2.13. The number of nitrogens with one attached hydrogen (secondary N) is 1. The highest BCUT2D eigenvalue weighted by Gasteiger charge is 2.09. The van der Waals surface area contributed by atoms with Crippen LogP contribution in [0, 0.1) is 6.92 Å². The number of rotatable bonds is 5. The maximum Gasteiger partial charge on any atom is 0.169 e. The van der Waals surface area contributed by atoms with Gasteiger partial charge in [0.25, 0.3) is 0 Å². The van der Waals surface area contributed by atoms with Gasteiger partial charge in [0.05, 0.1) is 20.8 Å². The Balaban J connectivity index is 2.15. The summed E-state index contributed by atoms with van der Waals surface area (Å²) in [6.07, 6.45) is 0. The minimum Gasteiger partial charge on any atom is -0.493 e. The van der Waals surface area contributed by atoms with Crippen molar-refractivity contribution in [1.29, 1.82) is 0 Å². The highest BCUT2D eigenvalue weighted by Crippen LogP contribution is 2.33. The predicted octanol–water partition coefficient (Wildman–Crippen LogP) is 3.98. The van der Waals surface area contributed by atoms with Crippen LogP contribution in [0.4, 0.5) is 5.69 Å². The Hall–Kier alpha value is -1.62. The molecule has 5 heteroatoms. The van der Waals surface area contributed by atoms with Crippen LogP contribution in [0.5, 0.6) is 11.5 Å². The molecule has 0 saturated heterocycles. The lowest BCUT2D eigenvalue weighted by molar-refractivity contribution is 0.355. The number of halogens is 1. The molecule has 2 aromatic rings. The monoisotopic (exact) mass is 325 g/mol. The lowest BCUT2D eigenvalue weighted by Crippen LogP contribution is -2.01. The quantitative estimate of drug-likeness (QED) is 0.903. The SMILES string of the molecule is COc1cc(C)c(NCc2ccc(Br)o2)cc1OC. The Morgan fingerprint density at radius 1 is 1.16 bits per heavy atom. The zero-order valence-electron chi connectivity index (χ0n) is 11.1. The summed E-state index contributed by atoms with van der Waals surface area (Å²) in [6.45, 7) is 2.63. The summed E-state index contributed by atoms with van der Waals surface area (Å²) in [5.74, 6) is 2.29. The molecule has 1 aromatic carbocycles. The number of methoxy groups -OCH3 is 2. The smallest absolute Gasteiger partial charge is 0.169 e. The van der Waals surface area contributed by atoms with E-state index in [9.17, 15) is 0 Å². The van der Waals surface area contributed by atoms with Gasteiger partial charge in [-0.15, -0.1) is 0 Å². The maximum absolute atomic E-state index is 5.44. The van der Waals surface area contributed by atoms with Crippen molar-refractivity contribution in [2.75, 3.05) is 19.5 Å². The number of hydrogen-bond donors (Lipinski definition) is 1. The van der Waals surface area contributed by atoms with E-state index in [1.165, 1.54) is 0 Å². The van der Waals surface area contributed by atoms with Crippen LogP contribution in [0.2, 0.25) is 0 Å². The molecule has 102 valence electrons. The Labute approximate surface area is 120 Å². The summed E-state index contributed by atoms with van der Waals surface area (Å²) < 4.78 is 16.7. The lowest BCUT2D eigenvalue weighted by atomic mass is 10.1. The molecule has 0 aliphatic rings. The molecule has 0 aliphatic heterocycles. The van der Waals surface area contributed by atoms with Crippen LogP contribution in [-0.4, -0.2) is 14.2 Å². The molecule has 1 aromatic heterocycles. The predicted molar refractivity (Wildman–Crippen MR) is 78.0 cm³/mol. The number of aryl methyl sites for hydroxylation is 1. The Morgan fingerprint density at radius 3 is 2.42 bits per heavy atom. The Morgan fingerprint density at radius 2 is 1.84 bits per heavy atom. The van der Waals surface area contributed by atoms with E-state index in [-0.39, 0.29) is 0 Å². The van der Waals surface area contributed by atoms with E-state index in [1.807, 2.05) is 31.2 Å². The molecule has 4 nitrogen and oxygen atoms in total. The molecule has 0 unspecified atom stereocenters. The summed E-state index contributed by atoms with van der Waals surface area (Å²) in [5, 5.41) is 3.32. The molecule has 0 atom stereocenters. The van der Waals surface area contributed by atoms with Crippen LogP contribution in [0.1, 0.15) is 11.3 Å². The number of furan rings is 1. The molecular weight excluding hydrogens is 310 g/mol. The summed E-state index contributed by atoms with van der Waals surface area (Å²) in [4.78, 5) is 0. The van der Waals surface area contributed by atoms with Crippen LogP contribution < -0.4 is 14.8 Å². The van der Waals surface area contributed by atoms with Gasteiger partial charge in [0.1, 0.15) is 5.76 Å². The second-order valence-electron chi connectivity index (χ2n) is 4.08. The van der Waals surface area contributed by atoms with Gasteiger partial charge in [-0.2, -0.15) is 0 Å². The van der Waals surface area contributed by atoms with Crippen molar-refractivity contribution in [2.45, 2.75) is 13.5 Å². The summed E-state index contributed by atoms with van der Waals surface area (Å²) in [5.41, 5.74) is 2.08. The fourth-order valence-corrected chi connectivity index (χ4v) is 2.14. The van der Waals surface area contributed by atoms with Crippen molar-refractivity contribution >= 4 is 21.6 Å². The highest BCUT2D eigenvalue weighted by molar-refractivity contribution is 9.10. The van der Waals surface area contributed by atoms with Crippen molar-refractivity contribution in [2.24, 2.45) is 0 Å². The first-order valence-electron chi connectivity index (χ1n) is 5.84. The van der Waals surface area contributed by atoms with Gasteiger partial charge in [-0.05, 0) is 46.6 Å². The standard InChI is InChI=1S/C14H16BrNO3/c1-9-6-12(17-2)13(18-3)7-11(9)16-8-10-4-5-14(15)19-10/h4-7,16H,8H2,1-3H3. The number of hydrogen-bond acceptors (Lipinski definition) is 4. The van der Waals surface area contributed by atoms with Crippen LogP contribution in [-0.2, 0) is 6.54 Å². The maximum atomic E-state index is 5.44. The summed E-state index contributed by atoms with van der Waals surface area (Å²) in [7, 11) is 3.26. The molecule has 1 N–H and O–H groups in total. The van der Waals surface area contributed by atoms with Crippen molar-refractivity contribution in [3.63, 3.8) is 0 Å². The molecule has 0 fully saturated rings. The zero-order chi connectivity index (χ0) is 13.8. The molecule has 0 spiro atoms. The van der Waals surface area contributed by atoms with E-state index < -0.39 is 0 Å². The minimum atomic E-state index is 0.613. The molecule has 2 rings (SSSR count). The van der Waals surface area contributed by atoms with Gasteiger partial charge in [-0.25, -0.2) is 0 Å². The Kier molecular flexibility index (Phi) is 4.37. The first-order chi connectivity index (χ1) is 9.13. The number of anilines is 1. The van der Waals surface area contributed by atoms with Crippen molar-refractivity contribution < 1.29 is 13.9 Å². The fourth-order valence-electron chi connectivity index (χ4n) is 1.80. The zero-order valence-corrected chi connectivity index (χ0v) is 12.7. The van der Waals surface area contributed by atoms with E-state index in [1.54, 1.807) is 14.2 Å². The van der Waals surface area contributed by atoms with Gasteiger partial charge < -0.3 is 19.2 Å². The molecule has 0 amide bonds.